The van der Waals surface area contributed by atoms with E-state index in [1.807, 2.05) is 0 Å². The van der Waals surface area contributed by atoms with Gasteiger partial charge in [-0.25, -0.2) is 0 Å². The van der Waals surface area contributed by atoms with Gasteiger partial charge in [-0.05, 0) is 0 Å². The molecular weight excluding hydrogens is 337 g/mol. The van der Waals surface area contributed by atoms with Crippen molar-refractivity contribution in [3.8, 4) is 0 Å². The van der Waals surface area contributed by atoms with E-state index < -0.39 is 21.6 Å². The number of allylic oxidation sites excluding steroid dienone is 1. The number of hydrogen-bond acceptors (Lipinski definition) is 2. The molecule has 4 heteroatoms. The van der Waals surface area contributed by atoms with Crippen molar-refractivity contribution in [1.82, 2.24) is 0 Å². The molecule has 2 rings (SSSR count). The van der Waals surface area contributed by atoms with E-state index in [2.05, 4.69) is 51.1 Å². The Morgan fingerprint density at radius 3 is 2.19 bits per heavy atom. The number of fused-ring (bicyclic) bond motifs is 1. The molecule has 0 saturated heterocycles. The van der Waals surface area contributed by atoms with Crippen LogP contribution in [0.4, 0.5) is 0 Å². The second-order valence-electron chi connectivity index (χ2n) is 9.35. The summed E-state index contributed by atoms with van der Waals surface area (Å²) in [4.78, 5) is 12.5. The SMILES string of the molecule is CC(C)(C)[Si](C)(C)OC1CCC2CC(=O)[C]([Ge]([CH3])([CH3])[CH3])=C21. The average Bonchev–Trinajstić information content (AvgIpc) is 2.74. The van der Waals surface area contributed by atoms with Crippen LogP contribution in [0.5, 0.6) is 0 Å². The number of hydrogen-bond donors (Lipinski definition) is 0. The Labute approximate surface area is 134 Å². The summed E-state index contributed by atoms with van der Waals surface area (Å²) in [5.74, 6) is 8.01. The van der Waals surface area contributed by atoms with Crippen LogP contribution in [0.25, 0.3) is 0 Å². The molecule has 0 aromatic carbocycles. The van der Waals surface area contributed by atoms with Gasteiger partial charge in [0.05, 0.1) is 0 Å². The molecule has 0 aromatic heterocycles. The average molecular weight is 369 g/mol. The van der Waals surface area contributed by atoms with Crippen molar-refractivity contribution in [3.63, 3.8) is 0 Å². The quantitative estimate of drug-likeness (QED) is 0.660. The Bertz CT molecular complexity index is 480. The van der Waals surface area contributed by atoms with Crippen molar-refractivity contribution in [2.45, 2.75) is 81.5 Å². The van der Waals surface area contributed by atoms with Crippen LogP contribution in [0.3, 0.4) is 0 Å². The molecule has 0 bridgehead atoms. The first-order chi connectivity index (χ1) is 9.34. The summed E-state index contributed by atoms with van der Waals surface area (Å²) in [5, 5.41) is 0.234. The van der Waals surface area contributed by atoms with Gasteiger partial charge >= 0.3 is 134 Å². The molecule has 2 atom stereocenters. The number of carbonyl (C=O) groups excluding carboxylic acids is 1. The number of Topliss-reactive ketones (excluding diaryl/α,β-unsaturated/α-hetero) is 1. The summed E-state index contributed by atoms with van der Waals surface area (Å²) < 4.78 is 7.97. The van der Waals surface area contributed by atoms with Crippen molar-refractivity contribution in [1.29, 1.82) is 0 Å². The van der Waals surface area contributed by atoms with E-state index in [9.17, 15) is 4.79 Å². The van der Waals surface area contributed by atoms with Gasteiger partial charge in [0.25, 0.3) is 0 Å². The molecule has 0 spiro atoms. The van der Waals surface area contributed by atoms with E-state index in [4.69, 9.17) is 4.43 Å². The third-order valence-corrected chi connectivity index (χ3v) is 14.4. The summed E-state index contributed by atoms with van der Waals surface area (Å²) >= 11 is -2.10. The molecule has 0 aliphatic heterocycles. The fourth-order valence-corrected chi connectivity index (χ4v) is 9.36. The maximum atomic E-state index is 12.5. The Kier molecular flexibility index (Phi) is 4.45. The summed E-state index contributed by atoms with van der Waals surface area (Å²) in [7, 11) is -1.77. The molecule has 2 unspecified atom stereocenters. The van der Waals surface area contributed by atoms with E-state index in [1.54, 1.807) is 0 Å². The van der Waals surface area contributed by atoms with Crippen molar-refractivity contribution < 1.29 is 9.22 Å². The minimum absolute atomic E-state index is 0.234. The van der Waals surface area contributed by atoms with E-state index >= 15 is 0 Å². The van der Waals surface area contributed by atoms with E-state index in [0.717, 1.165) is 19.3 Å². The van der Waals surface area contributed by atoms with Crippen LogP contribution < -0.4 is 0 Å². The van der Waals surface area contributed by atoms with Crippen molar-refractivity contribution >= 4 is 27.4 Å². The standard InChI is InChI=1S/C17H32GeO2Si/c1-17(2,3)21(7,8)20-14-10-9-12-11-13(19)16(15(12)14)18(4,5)6/h12,14H,9-11H2,1-8H3. The molecule has 0 radical (unpaired) electrons. The van der Waals surface area contributed by atoms with Gasteiger partial charge in [-0.15, -0.1) is 0 Å². The van der Waals surface area contributed by atoms with Gasteiger partial charge in [-0.3, -0.25) is 0 Å². The van der Waals surface area contributed by atoms with Crippen LogP contribution in [-0.4, -0.2) is 33.5 Å². The van der Waals surface area contributed by atoms with Crippen molar-refractivity contribution in [2.24, 2.45) is 5.92 Å². The Hall–Kier alpha value is 0.130. The second kappa shape index (κ2) is 5.34. The Morgan fingerprint density at radius 1 is 1.14 bits per heavy atom. The summed E-state index contributed by atoms with van der Waals surface area (Å²) in [6.45, 7) is 11.5. The molecule has 0 amide bonds. The Morgan fingerprint density at radius 2 is 1.71 bits per heavy atom. The zero-order chi connectivity index (χ0) is 16.2. The van der Waals surface area contributed by atoms with E-state index in [0.29, 0.717) is 11.7 Å². The molecule has 2 nitrogen and oxygen atoms in total. The first-order valence-electron chi connectivity index (χ1n) is 8.30. The molecule has 21 heavy (non-hydrogen) atoms. The maximum absolute atomic E-state index is 12.5. The van der Waals surface area contributed by atoms with Crippen LogP contribution in [0, 0.1) is 5.92 Å². The molecule has 1 fully saturated rings. The van der Waals surface area contributed by atoms with Crippen LogP contribution in [0.1, 0.15) is 40.0 Å². The number of ketones is 1. The van der Waals surface area contributed by atoms with Gasteiger partial charge in [-0.2, -0.15) is 0 Å². The molecular formula is C17H32GeO2Si. The van der Waals surface area contributed by atoms with Crippen LogP contribution in [-0.2, 0) is 9.22 Å². The van der Waals surface area contributed by atoms with Gasteiger partial charge in [-0.1, -0.05) is 0 Å². The number of carbonyl (C=O) groups is 1. The normalized spacial score (nSPS) is 27.5. The molecule has 120 valence electrons. The van der Waals surface area contributed by atoms with Crippen molar-refractivity contribution in [2.75, 3.05) is 0 Å². The van der Waals surface area contributed by atoms with Gasteiger partial charge in [0.1, 0.15) is 0 Å². The molecule has 1 saturated carbocycles. The summed E-state index contributed by atoms with van der Waals surface area (Å²) in [6, 6.07) is 0. The Balaban J connectivity index is 2.35. The zero-order valence-corrected chi connectivity index (χ0v) is 18.2. The first-order valence-corrected chi connectivity index (χ1v) is 18.6. The monoisotopic (exact) mass is 370 g/mol. The van der Waals surface area contributed by atoms with E-state index in [1.165, 1.54) is 9.98 Å². The minimum atomic E-state index is -2.10. The molecule has 0 aromatic rings. The first kappa shape index (κ1) is 17.5. The van der Waals surface area contributed by atoms with Gasteiger partial charge < -0.3 is 0 Å². The fourth-order valence-electron chi connectivity index (χ4n) is 3.50. The van der Waals surface area contributed by atoms with Crippen LogP contribution in [0.15, 0.2) is 9.98 Å². The molecule has 2 aliphatic rings. The van der Waals surface area contributed by atoms with Gasteiger partial charge in [0, 0.05) is 0 Å². The van der Waals surface area contributed by atoms with Gasteiger partial charge in [0.2, 0.25) is 0 Å². The molecule has 0 heterocycles. The second-order valence-corrected chi connectivity index (χ2v) is 24.6. The van der Waals surface area contributed by atoms with E-state index in [-0.39, 0.29) is 11.1 Å². The van der Waals surface area contributed by atoms with Crippen LogP contribution in [0.2, 0.25) is 35.4 Å². The summed E-state index contributed by atoms with van der Waals surface area (Å²) in [6.07, 6.45) is 3.29. The summed E-state index contributed by atoms with van der Waals surface area (Å²) in [5.41, 5.74) is 1.44. The third-order valence-electron chi connectivity index (χ3n) is 5.56. The molecule has 0 N–H and O–H groups in total. The topological polar surface area (TPSA) is 26.3 Å². The van der Waals surface area contributed by atoms with Crippen molar-refractivity contribution in [3.05, 3.63) is 9.98 Å². The zero-order valence-electron chi connectivity index (χ0n) is 15.1. The predicted octanol–water partition coefficient (Wildman–Crippen LogP) is 4.93. The number of rotatable bonds is 3. The molecule has 2 aliphatic carbocycles. The van der Waals surface area contributed by atoms with Gasteiger partial charge in [0.15, 0.2) is 0 Å². The third kappa shape index (κ3) is 3.25. The predicted molar refractivity (Wildman–Crippen MR) is 94.8 cm³/mol. The van der Waals surface area contributed by atoms with Crippen LogP contribution >= 0.6 is 0 Å². The fraction of sp³-hybridized carbons (Fsp3) is 0.824.